The lowest BCUT2D eigenvalue weighted by atomic mass is 9.94. The highest BCUT2D eigenvalue weighted by Crippen LogP contribution is 2.38. The van der Waals surface area contributed by atoms with Crippen LogP contribution >= 0.6 is 0 Å². The van der Waals surface area contributed by atoms with E-state index in [1.54, 1.807) is 0 Å². The largest absolute Gasteiger partial charge is 0.494 e. The number of hydrogen-bond acceptors (Lipinski definition) is 4. The summed E-state index contributed by atoms with van der Waals surface area (Å²) in [6.45, 7) is 3.02. The minimum atomic E-state index is -0.576. The van der Waals surface area contributed by atoms with Crippen molar-refractivity contribution in [2.45, 2.75) is 32.4 Å². The summed E-state index contributed by atoms with van der Waals surface area (Å²) >= 11 is 0. The number of likely N-dealkylation sites (N-methyl/N-ethyl adjacent to an activating group) is 1. The molecule has 4 rings (SSSR count). The van der Waals surface area contributed by atoms with Gasteiger partial charge in [-0.15, -0.1) is 0 Å². The standard InChI is InChI=1S/C19H22N4O3/c1-3-9-23-18(25)14(17(24)21-19(23)26)16-15-12(8-10-22(16)2)11-6-4-5-7-13(11)20-15/h4-7,16,20,25H,3,8-10H2,1-2H3,(H,21,24,26)/t16-/m1/s1. The number of nitrogens with one attached hydrogen (secondary N) is 2. The molecule has 0 bridgehead atoms. The van der Waals surface area contributed by atoms with Crippen LogP contribution in [0, 0.1) is 0 Å². The van der Waals surface area contributed by atoms with Gasteiger partial charge in [0, 0.05) is 29.7 Å². The summed E-state index contributed by atoms with van der Waals surface area (Å²) in [5.41, 5.74) is 2.18. The van der Waals surface area contributed by atoms with Crippen LogP contribution in [-0.2, 0) is 13.0 Å². The first-order chi connectivity index (χ1) is 12.5. The van der Waals surface area contributed by atoms with E-state index in [2.05, 4.69) is 16.0 Å². The predicted octanol–water partition coefficient (Wildman–Crippen LogP) is 1.71. The zero-order valence-corrected chi connectivity index (χ0v) is 14.9. The molecule has 0 unspecified atom stereocenters. The summed E-state index contributed by atoms with van der Waals surface area (Å²) < 4.78 is 1.24. The molecule has 7 nitrogen and oxygen atoms in total. The van der Waals surface area contributed by atoms with Crippen LogP contribution in [0.1, 0.15) is 36.2 Å². The zero-order chi connectivity index (χ0) is 18.4. The molecule has 1 aliphatic rings. The van der Waals surface area contributed by atoms with Gasteiger partial charge in [-0.25, -0.2) is 4.79 Å². The van der Waals surface area contributed by atoms with Crippen molar-refractivity contribution in [3.63, 3.8) is 0 Å². The molecule has 0 radical (unpaired) electrons. The topological polar surface area (TPSA) is 94.1 Å². The number of nitrogens with zero attached hydrogens (tertiary/aromatic N) is 2. The fraction of sp³-hybridized carbons (Fsp3) is 0.368. The van der Waals surface area contributed by atoms with Crippen LogP contribution in [0.4, 0.5) is 0 Å². The average Bonchev–Trinajstić information content (AvgIpc) is 2.99. The summed E-state index contributed by atoms with van der Waals surface area (Å²) in [5.74, 6) is -0.246. The maximum Gasteiger partial charge on any atom is 0.331 e. The van der Waals surface area contributed by atoms with Crippen molar-refractivity contribution in [2.75, 3.05) is 13.6 Å². The monoisotopic (exact) mass is 354 g/mol. The Morgan fingerprint density at radius 2 is 2.00 bits per heavy atom. The Bertz CT molecular complexity index is 1090. The van der Waals surface area contributed by atoms with E-state index in [4.69, 9.17) is 0 Å². The molecule has 1 aliphatic heterocycles. The van der Waals surface area contributed by atoms with E-state index in [1.165, 1.54) is 4.57 Å². The molecule has 7 heteroatoms. The minimum absolute atomic E-state index is 0.216. The number of para-hydroxylation sites is 1. The van der Waals surface area contributed by atoms with E-state index in [9.17, 15) is 14.7 Å². The molecule has 2 aromatic heterocycles. The van der Waals surface area contributed by atoms with Crippen LogP contribution in [0.3, 0.4) is 0 Å². The number of aromatic nitrogens is 3. The molecule has 136 valence electrons. The molecule has 1 aromatic carbocycles. The van der Waals surface area contributed by atoms with Crippen LogP contribution in [0.25, 0.3) is 10.9 Å². The van der Waals surface area contributed by atoms with Crippen molar-refractivity contribution in [3.05, 3.63) is 61.9 Å². The van der Waals surface area contributed by atoms with Crippen molar-refractivity contribution in [1.82, 2.24) is 19.4 Å². The number of H-pyrrole nitrogens is 2. The van der Waals surface area contributed by atoms with Crippen molar-refractivity contribution >= 4 is 10.9 Å². The Morgan fingerprint density at radius 1 is 1.23 bits per heavy atom. The molecule has 0 spiro atoms. The molecule has 0 fully saturated rings. The Labute approximate surface area is 149 Å². The highest BCUT2D eigenvalue weighted by molar-refractivity contribution is 5.85. The van der Waals surface area contributed by atoms with E-state index < -0.39 is 17.3 Å². The summed E-state index contributed by atoms with van der Waals surface area (Å²) in [4.78, 5) is 32.5. The van der Waals surface area contributed by atoms with E-state index in [0.29, 0.717) is 13.0 Å². The van der Waals surface area contributed by atoms with E-state index in [-0.39, 0.29) is 11.4 Å². The first kappa shape index (κ1) is 16.7. The van der Waals surface area contributed by atoms with Gasteiger partial charge in [0.15, 0.2) is 0 Å². The summed E-state index contributed by atoms with van der Waals surface area (Å²) in [5, 5.41) is 11.9. The van der Waals surface area contributed by atoms with Gasteiger partial charge in [0.1, 0.15) is 5.56 Å². The van der Waals surface area contributed by atoms with Gasteiger partial charge in [-0.1, -0.05) is 25.1 Å². The van der Waals surface area contributed by atoms with Gasteiger partial charge in [0.2, 0.25) is 5.88 Å². The summed E-state index contributed by atoms with van der Waals surface area (Å²) in [6, 6.07) is 7.60. The second-order valence-corrected chi connectivity index (χ2v) is 6.84. The molecule has 0 saturated carbocycles. The number of rotatable bonds is 3. The average molecular weight is 354 g/mol. The third kappa shape index (κ3) is 2.39. The molecule has 3 N–H and O–H groups in total. The second kappa shape index (κ2) is 6.17. The first-order valence-electron chi connectivity index (χ1n) is 8.88. The highest BCUT2D eigenvalue weighted by atomic mass is 16.3. The molecule has 1 atom stereocenters. The fourth-order valence-electron chi connectivity index (χ4n) is 3.98. The third-order valence-corrected chi connectivity index (χ3v) is 5.20. The SMILES string of the molecule is CCCn1c(O)c([C@@H]2c3[nH]c4ccccc4c3CCN2C)c(=O)[nH]c1=O. The van der Waals surface area contributed by atoms with E-state index >= 15 is 0 Å². The van der Waals surface area contributed by atoms with Crippen LogP contribution < -0.4 is 11.2 Å². The van der Waals surface area contributed by atoms with Crippen molar-refractivity contribution < 1.29 is 5.11 Å². The zero-order valence-electron chi connectivity index (χ0n) is 14.9. The Hall–Kier alpha value is -2.80. The molecule has 3 heterocycles. The van der Waals surface area contributed by atoms with Gasteiger partial charge >= 0.3 is 5.69 Å². The van der Waals surface area contributed by atoms with Crippen molar-refractivity contribution in [1.29, 1.82) is 0 Å². The molecule has 3 aromatic rings. The van der Waals surface area contributed by atoms with Gasteiger partial charge in [0.05, 0.1) is 6.04 Å². The fourth-order valence-corrected chi connectivity index (χ4v) is 3.98. The normalized spacial score (nSPS) is 17.5. The summed E-state index contributed by atoms with van der Waals surface area (Å²) in [6.07, 6.45) is 1.54. The van der Waals surface area contributed by atoms with Gasteiger partial charge in [-0.05, 0) is 31.5 Å². The highest BCUT2D eigenvalue weighted by Gasteiger charge is 2.34. The number of hydrogen-bond donors (Lipinski definition) is 3. The number of benzene rings is 1. The number of fused-ring (bicyclic) bond motifs is 3. The Morgan fingerprint density at radius 3 is 2.77 bits per heavy atom. The lowest BCUT2D eigenvalue weighted by Gasteiger charge is -2.33. The smallest absolute Gasteiger partial charge is 0.331 e. The van der Waals surface area contributed by atoms with Gasteiger partial charge in [0.25, 0.3) is 5.56 Å². The van der Waals surface area contributed by atoms with Crippen LogP contribution in [0.2, 0.25) is 0 Å². The number of aromatic hydroxyl groups is 1. The maximum atomic E-state index is 12.6. The van der Waals surface area contributed by atoms with Crippen molar-refractivity contribution in [2.24, 2.45) is 0 Å². The number of aromatic amines is 2. The molecule has 0 saturated heterocycles. The molecule has 0 amide bonds. The van der Waals surface area contributed by atoms with Gasteiger partial charge in [-0.3, -0.25) is 19.2 Å². The van der Waals surface area contributed by atoms with E-state index in [1.807, 2.05) is 37.1 Å². The van der Waals surface area contributed by atoms with Gasteiger partial charge < -0.3 is 10.1 Å². The predicted molar refractivity (Wildman–Crippen MR) is 99.8 cm³/mol. The quantitative estimate of drug-likeness (QED) is 0.667. The van der Waals surface area contributed by atoms with Crippen LogP contribution in [0.5, 0.6) is 5.88 Å². The van der Waals surface area contributed by atoms with Gasteiger partial charge in [-0.2, -0.15) is 0 Å². The molecular weight excluding hydrogens is 332 g/mol. The third-order valence-electron chi connectivity index (χ3n) is 5.20. The van der Waals surface area contributed by atoms with Crippen LogP contribution in [0.15, 0.2) is 33.9 Å². The van der Waals surface area contributed by atoms with Crippen molar-refractivity contribution in [3.8, 4) is 5.88 Å². The first-order valence-corrected chi connectivity index (χ1v) is 8.88. The van der Waals surface area contributed by atoms with E-state index in [0.717, 1.165) is 35.1 Å². The Kier molecular flexibility index (Phi) is 3.96. The molecule has 26 heavy (non-hydrogen) atoms. The maximum absolute atomic E-state index is 12.6. The molecule has 0 aliphatic carbocycles. The minimum Gasteiger partial charge on any atom is -0.494 e. The lowest BCUT2D eigenvalue weighted by molar-refractivity contribution is 0.249. The van der Waals surface area contributed by atoms with Crippen LogP contribution in [-0.4, -0.2) is 38.1 Å². The molecular formula is C19H22N4O3. The summed E-state index contributed by atoms with van der Waals surface area (Å²) in [7, 11) is 1.92. The Balaban J connectivity index is 1.99. The second-order valence-electron chi connectivity index (χ2n) is 6.84. The lowest BCUT2D eigenvalue weighted by Crippen LogP contribution is -2.40.